The van der Waals surface area contributed by atoms with E-state index >= 15 is 0 Å². The van der Waals surface area contributed by atoms with Crippen LogP contribution < -0.4 is 10.8 Å². The van der Waals surface area contributed by atoms with Crippen LogP contribution in [-0.2, 0) is 6.54 Å². The highest BCUT2D eigenvalue weighted by Crippen LogP contribution is 2.21. The van der Waals surface area contributed by atoms with E-state index in [0.717, 1.165) is 5.46 Å². The third kappa shape index (κ3) is 3.34. The topological polar surface area (TPSA) is 72.7 Å². The first-order chi connectivity index (χ1) is 10.6. The van der Waals surface area contributed by atoms with Gasteiger partial charge < -0.3 is 5.32 Å². The van der Waals surface area contributed by atoms with E-state index in [-0.39, 0.29) is 5.91 Å². The lowest BCUT2D eigenvalue weighted by Gasteiger charge is -2.00. The lowest BCUT2D eigenvalue weighted by atomic mass is 9.99. The number of rotatable bonds is 4. The fourth-order valence-corrected chi connectivity index (χ4v) is 2.74. The quantitative estimate of drug-likeness (QED) is 0.709. The normalized spacial score (nSPS) is 10.6. The first-order valence-corrected chi connectivity index (χ1v) is 7.69. The van der Waals surface area contributed by atoms with Gasteiger partial charge in [0.2, 0.25) is 0 Å². The summed E-state index contributed by atoms with van der Waals surface area (Å²) in [5.74, 6) is 0.501. The predicted molar refractivity (Wildman–Crippen MR) is 87.8 cm³/mol. The van der Waals surface area contributed by atoms with Crippen LogP contribution >= 0.6 is 22.9 Å². The Bertz CT molecular complexity index is 801. The number of hydrogen-bond acceptors (Lipinski definition) is 5. The number of carbonyl (C=O) groups excluding carboxylic acids is 1. The number of nitrogens with zero attached hydrogens (tertiary/aromatic N) is 4. The number of aromatic nitrogens is 4. The minimum absolute atomic E-state index is 0.181. The number of thiophene rings is 1. The van der Waals surface area contributed by atoms with Crippen molar-refractivity contribution < 1.29 is 4.79 Å². The minimum Gasteiger partial charge on any atom is -0.346 e. The van der Waals surface area contributed by atoms with Crippen LogP contribution in [0.1, 0.15) is 15.4 Å². The summed E-state index contributed by atoms with van der Waals surface area (Å²) in [6.45, 7) is 0.292. The minimum atomic E-state index is -0.181. The number of pyridine rings is 1. The van der Waals surface area contributed by atoms with E-state index in [1.807, 2.05) is 20.0 Å². The van der Waals surface area contributed by atoms with Gasteiger partial charge in [-0.25, -0.2) is 9.67 Å². The van der Waals surface area contributed by atoms with E-state index in [9.17, 15) is 4.79 Å². The molecule has 1 amide bonds. The fourth-order valence-electron chi connectivity index (χ4n) is 1.78. The molecule has 110 valence electrons. The maximum Gasteiger partial charge on any atom is 0.261 e. The van der Waals surface area contributed by atoms with E-state index in [0.29, 0.717) is 27.3 Å². The first kappa shape index (κ1) is 14.7. The second-order valence-corrected chi connectivity index (χ2v) is 6.35. The van der Waals surface area contributed by atoms with E-state index < -0.39 is 0 Å². The molecule has 1 N–H and O–H groups in total. The van der Waals surface area contributed by atoms with Crippen LogP contribution in [0.15, 0.2) is 36.7 Å². The molecular weight excluding hydrogens is 321 g/mol. The zero-order valence-electron chi connectivity index (χ0n) is 11.7. The predicted octanol–water partition coefficient (Wildman–Crippen LogP) is 0.566. The van der Waals surface area contributed by atoms with Crippen molar-refractivity contribution in [3.05, 3.63) is 51.6 Å². The molecule has 3 rings (SSSR count). The van der Waals surface area contributed by atoms with Crippen molar-refractivity contribution in [1.82, 2.24) is 25.3 Å². The molecule has 3 heterocycles. The van der Waals surface area contributed by atoms with Crippen LogP contribution in [0, 0.1) is 0 Å². The highest BCUT2D eigenvalue weighted by atomic mass is 35.5. The molecule has 0 radical (unpaired) electrons. The summed E-state index contributed by atoms with van der Waals surface area (Å²) in [4.78, 5) is 16.8. The van der Waals surface area contributed by atoms with Gasteiger partial charge in [0.1, 0.15) is 13.5 Å². The van der Waals surface area contributed by atoms with Crippen molar-refractivity contribution in [3.8, 4) is 5.82 Å². The van der Waals surface area contributed by atoms with Crippen molar-refractivity contribution in [2.45, 2.75) is 6.54 Å². The van der Waals surface area contributed by atoms with E-state index in [2.05, 4.69) is 20.6 Å². The second kappa shape index (κ2) is 6.29. The Morgan fingerprint density at radius 3 is 2.91 bits per heavy atom. The molecule has 0 aromatic carbocycles. The summed E-state index contributed by atoms with van der Waals surface area (Å²) in [6, 6.07) is 7.20. The number of halogens is 1. The molecular formula is C13H11BClN5OS. The van der Waals surface area contributed by atoms with Gasteiger partial charge in [0, 0.05) is 6.20 Å². The highest BCUT2D eigenvalue weighted by molar-refractivity contribution is 7.17. The average molecular weight is 332 g/mol. The Kier molecular flexibility index (Phi) is 4.21. The van der Waals surface area contributed by atoms with Crippen LogP contribution in [0.25, 0.3) is 5.82 Å². The zero-order chi connectivity index (χ0) is 15.5. The molecule has 9 heteroatoms. The summed E-state index contributed by atoms with van der Waals surface area (Å²) in [7, 11) is 1.97. The molecule has 0 saturated carbocycles. The molecule has 0 saturated heterocycles. The smallest absolute Gasteiger partial charge is 0.261 e. The molecule has 6 nitrogen and oxygen atoms in total. The molecule has 3 aromatic heterocycles. The molecule has 0 aliphatic heterocycles. The highest BCUT2D eigenvalue weighted by Gasteiger charge is 2.10. The SMILES string of the molecule is Bc1ccc(-n2cc(CNC(=O)c3ccc(Cl)s3)nn2)nc1. The van der Waals surface area contributed by atoms with Gasteiger partial charge in [-0.2, -0.15) is 0 Å². The van der Waals surface area contributed by atoms with Crippen LogP contribution in [0.2, 0.25) is 4.34 Å². The van der Waals surface area contributed by atoms with Gasteiger partial charge in [-0.05, 0) is 18.2 Å². The maximum absolute atomic E-state index is 11.9. The van der Waals surface area contributed by atoms with E-state index in [4.69, 9.17) is 11.6 Å². The monoisotopic (exact) mass is 331 g/mol. The average Bonchev–Trinajstić information content (AvgIpc) is 3.15. The standard InChI is InChI=1S/C13H11BClN5OS/c14-8-1-4-12(16-5-8)20-7-9(18-19-20)6-17-13(21)10-2-3-11(15)22-10/h1-5,7H,6,14H2,(H,17,21). The molecule has 3 aromatic rings. The Labute approximate surface area is 136 Å². The molecule has 0 spiro atoms. The largest absolute Gasteiger partial charge is 0.346 e. The van der Waals surface area contributed by atoms with Gasteiger partial charge >= 0.3 is 0 Å². The van der Waals surface area contributed by atoms with Crippen molar-refractivity contribution in [1.29, 1.82) is 0 Å². The Morgan fingerprint density at radius 2 is 2.23 bits per heavy atom. The van der Waals surface area contributed by atoms with Gasteiger partial charge in [0.05, 0.1) is 22.0 Å². The summed E-state index contributed by atoms with van der Waals surface area (Å²) < 4.78 is 2.16. The van der Waals surface area contributed by atoms with E-state index in [1.165, 1.54) is 11.3 Å². The van der Waals surface area contributed by atoms with Crippen LogP contribution in [-0.4, -0.2) is 33.7 Å². The van der Waals surface area contributed by atoms with Gasteiger partial charge in [0.15, 0.2) is 5.82 Å². The molecule has 22 heavy (non-hydrogen) atoms. The number of carbonyl (C=O) groups is 1. The first-order valence-electron chi connectivity index (χ1n) is 6.49. The number of hydrogen-bond donors (Lipinski definition) is 1. The second-order valence-electron chi connectivity index (χ2n) is 4.63. The van der Waals surface area contributed by atoms with Crippen LogP contribution in [0.3, 0.4) is 0 Å². The Hall–Kier alpha value is -2.19. The lowest BCUT2D eigenvalue weighted by Crippen LogP contribution is -2.21. The summed E-state index contributed by atoms with van der Waals surface area (Å²) in [5, 5.41) is 10.8. The Balaban J connectivity index is 1.64. The Morgan fingerprint density at radius 1 is 1.36 bits per heavy atom. The van der Waals surface area contributed by atoms with E-state index in [1.54, 1.807) is 29.2 Å². The maximum atomic E-state index is 11.9. The number of amides is 1. The zero-order valence-corrected chi connectivity index (χ0v) is 13.2. The molecule has 0 aliphatic rings. The molecule has 0 fully saturated rings. The van der Waals surface area contributed by atoms with Gasteiger partial charge in [-0.1, -0.05) is 28.3 Å². The van der Waals surface area contributed by atoms with Crippen molar-refractivity contribution in [2.24, 2.45) is 0 Å². The summed E-state index contributed by atoms with van der Waals surface area (Å²) in [5.41, 5.74) is 1.73. The molecule has 0 bridgehead atoms. The van der Waals surface area contributed by atoms with Crippen molar-refractivity contribution >= 4 is 42.2 Å². The summed E-state index contributed by atoms with van der Waals surface area (Å²) >= 11 is 7.05. The lowest BCUT2D eigenvalue weighted by molar-refractivity contribution is 0.0954. The summed E-state index contributed by atoms with van der Waals surface area (Å²) in [6.07, 6.45) is 3.50. The van der Waals surface area contributed by atoms with Gasteiger partial charge in [-0.15, -0.1) is 16.4 Å². The van der Waals surface area contributed by atoms with Crippen LogP contribution in [0.5, 0.6) is 0 Å². The third-order valence-electron chi connectivity index (χ3n) is 2.90. The third-order valence-corrected chi connectivity index (χ3v) is 4.13. The molecule has 0 unspecified atom stereocenters. The molecule has 0 atom stereocenters. The van der Waals surface area contributed by atoms with Gasteiger partial charge in [-0.3, -0.25) is 4.79 Å². The van der Waals surface area contributed by atoms with Crippen molar-refractivity contribution in [2.75, 3.05) is 0 Å². The van der Waals surface area contributed by atoms with Crippen LogP contribution in [0.4, 0.5) is 0 Å². The fraction of sp³-hybridized carbons (Fsp3) is 0.0769. The molecule has 0 aliphatic carbocycles. The van der Waals surface area contributed by atoms with Gasteiger partial charge in [0.25, 0.3) is 5.91 Å². The number of nitrogens with one attached hydrogen (secondary N) is 1. The van der Waals surface area contributed by atoms with Crippen molar-refractivity contribution in [3.63, 3.8) is 0 Å².